The van der Waals surface area contributed by atoms with Crippen LogP contribution in [0.25, 0.3) is 0 Å². The van der Waals surface area contributed by atoms with E-state index in [1.165, 1.54) is 7.11 Å². The van der Waals surface area contributed by atoms with Gasteiger partial charge in [0, 0.05) is 0 Å². The van der Waals surface area contributed by atoms with E-state index in [-0.39, 0.29) is 0 Å². The quantitative estimate of drug-likeness (QED) is 0.714. The smallest absolute Gasteiger partial charge is 0.256 e. The lowest BCUT2D eigenvalue weighted by Crippen LogP contribution is -1.99. The summed E-state index contributed by atoms with van der Waals surface area (Å²) in [7, 11) is 1.45. The summed E-state index contributed by atoms with van der Waals surface area (Å²) >= 11 is 11.2. The largest absolute Gasteiger partial charge is 0.494 e. The minimum atomic E-state index is -0.558. The van der Waals surface area contributed by atoms with E-state index >= 15 is 0 Å². The van der Waals surface area contributed by atoms with Crippen molar-refractivity contribution in [2.75, 3.05) is 7.11 Å². The Balaban J connectivity index is 3.43. The highest BCUT2D eigenvalue weighted by Gasteiger charge is 2.15. The molecule has 0 atom stereocenters. The molecule has 0 spiro atoms. The molecule has 0 amide bonds. The molecule has 0 saturated carbocycles. The Morgan fingerprint density at radius 2 is 2.08 bits per heavy atom. The topological polar surface area (TPSA) is 26.3 Å². The summed E-state index contributed by atoms with van der Waals surface area (Å²) in [5, 5.41) is -0.172. The van der Waals surface area contributed by atoms with Crippen molar-refractivity contribution in [2.24, 2.45) is 0 Å². The number of methoxy groups -OCH3 is 1. The SMILES string of the molecule is COc1c(Cl)ccc(C)c1C(=O)Cl. The fraction of sp³-hybridized carbons (Fsp3) is 0.222. The van der Waals surface area contributed by atoms with E-state index in [0.29, 0.717) is 16.3 Å². The van der Waals surface area contributed by atoms with Crippen LogP contribution in [-0.2, 0) is 0 Å². The summed E-state index contributed by atoms with van der Waals surface area (Å²) in [4.78, 5) is 11.0. The van der Waals surface area contributed by atoms with E-state index in [1.807, 2.05) is 0 Å². The van der Waals surface area contributed by atoms with Crippen molar-refractivity contribution >= 4 is 28.4 Å². The van der Waals surface area contributed by atoms with Gasteiger partial charge in [0.25, 0.3) is 5.24 Å². The maximum atomic E-state index is 11.0. The highest BCUT2D eigenvalue weighted by molar-refractivity contribution is 6.68. The molecular formula is C9H8Cl2O2. The third kappa shape index (κ3) is 1.95. The molecule has 0 aromatic heterocycles. The third-order valence-electron chi connectivity index (χ3n) is 1.72. The Labute approximate surface area is 86.4 Å². The third-order valence-corrected chi connectivity index (χ3v) is 2.21. The second-order valence-corrected chi connectivity index (χ2v) is 3.30. The fourth-order valence-corrected chi connectivity index (χ4v) is 1.57. The molecule has 0 N–H and O–H groups in total. The first-order valence-corrected chi connectivity index (χ1v) is 4.36. The van der Waals surface area contributed by atoms with Gasteiger partial charge in [-0.05, 0) is 30.2 Å². The van der Waals surface area contributed by atoms with Gasteiger partial charge in [-0.1, -0.05) is 17.7 Å². The molecule has 0 aliphatic rings. The zero-order valence-corrected chi connectivity index (χ0v) is 8.74. The molecule has 2 nitrogen and oxygen atoms in total. The molecule has 1 aromatic rings. The van der Waals surface area contributed by atoms with Crippen molar-refractivity contribution in [3.63, 3.8) is 0 Å². The van der Waals surface area contributed by atoms with Gasteiger partial charge in [0.2, 0.25) is 0 Å². The van der Waals surface area contributed by atoms with Gasteiger partial charge in [-0.25, -0.2) is 0 Å². The number of ether oxygens (including phenoxy) is 1. The molecule has 0 saturated heterocycles. The van der Waals surface area contributed by atoms with Crippen molar-refractivity contribution in [3.8, 4) is 5.75 Å². The lowest BCUT2D eigenvalue weighted by atomic mass is 10.1. The molecule has 1 rings (SSSR count). The van der Waals surface area contributed by atoms with Crippen LogP contribution in [0.5, 0.6) is 5.75 Å². The second kappa shape index (κ2) is 3.99. The Bertz CT molecular complexity index is 348. The molecule has 0 radical (unpaired) electrons. The monoisotopic (exact) mass is 218 g/mol. The van der Waals surface area contributed by atoms with E-state index in [4.69, 9.17) is 27.9 Å². The Morgan fingerprint density at radius 1 is 1.46 bits per heavy atom. The number of halogens is 2. The van der Waals surface area contributed by atoms with Crippen molar-refractivity contribution in [1.29, 1.82) is 0 Å². The van der Waals surface area contributed by atoms with E-state index in [2.05, 4.69) is 0 Å². The highest BCUT2D eigenvalue weighted by atomic mass is 35.5. The second-order valence-electron chi connectivity index (χ2n) is 2.55. The number of hydrogen-bond acceptors (Lipinski definition) is 2. The van der Waals surface area contributed by atoms with Crippen LogP contribution < -0.4 is 4.74 Å². The normalized spacial score (nSPS) is 9.85. The number of carbonyl (C=O) groups is 1. The standard InChI is InChI=1S/C9H8Cl2O2/c1-5-3-4-6(10)8(13-2)7(5)9(11)12/h3-4H,1-2H3. The van der Waals surface area contributed by atoms with Gasteiger partial charge < -0.3 is 4.74 Å². The van der Waals surface area contributed by atoms with Crippen LogP contribution in [0.2, 0.25) is 5.02 Å². The van der Waals surface area contributed by atoms with Crippen LogP contribution in [0, 0.1) is 6.92 Å². The molecule has 0 fully saturated rings. The molecule has 70 valence electrons. The van der Waals surface area contributed by atoms with Crippen LogP contribution in [0.4, 0.5) is 0 Å². The first-order chi connectivity index (χ1) is 6.07. The van der Waals surface area contributed by atoms with Gasteiger partial charge in [0.15, 0.2) is 0 Å². The zero-order chi connectivity index (χ0) is 10.0. The molecular weight excluding hydrogens is 211 g/mol. The maximum absolute atomic E-state index is 11.0. The Hall–Kier alpha value is -0.730. The number of rotatable bonds is 2. The molecule has 0 bridgehead atoms. The van der Waals surface area contributed by atoms with Crippen LogP contribution in [0.1, 0.15) is 15.9 Å². The number of aryl methyl sites for hydroxylation is 1. The summed E-state index contributed by atoms with van der Waals surface area (Å²) in [5.41, 5.74) is 1.08. The van der Waals surface area contributed by atoms with Crippen LogP contribution >= 0.6 is 23.2 Å². The minimum Gasteiger partial charge on any atom is -0.494 e. The summed E-state index contributed by atoms with van der Waals surface area (Å²) in [5.74, 6) is 0.335. The lowest BCUT2D eigenvalue weighted by Gasteiger charge is -2.09. The maximum Gasteiger partial charge on any atom is 0.256 e. The number of benzene rings is 1. The highest BCUT2D eigenvalue weighted by Crippen LogP contribution is 2.31. The van der Waals surface area contributed by atoms with Crippen molar-refractivity contribution in [1.82, 2.24) is 0 Å². The Morgan fingerprint density at radius 3 is 2.46 bits per heavy atom. The van der Waals surface area contributed by atoms with E-state index in [1.54, 1.807) is 19.1 Å². The predicted octanol–water partition coefficient (Wildman–Crippen LogP) is 3.04. The average molecular weight is 219 g/mol. The number of carbonyl (C=O) groups excluding carboxylic acids is 1. The molecule has 4 heteroatoms. The first-order valence-electron chi connectivity index (χ1n) is 3.61. The summed E-state index contributed by atoms with van der Waals surface area (Å²) in [6, 6.07) is 3.39. The van der Waals surface area contributed by atoms with Gasteiger partial charge in [-0.2, -0.15) is 0 Å². The van der Waals surface area contributed by atoms with Gasteiger partial charge in [0.1, 0.15) is 5.75 Å². The van der Waals surface area contributed by atoms with Crippen LogP contribution in [0.3, 0.4) is 0 Å². The van der Waals surface area contributed by atoms with Gasteiger partial charge >= 0.3 is 0 Å². The molecule has 13 heavy (non-hydrogen) atoms. The minimum absolute atomic E-state index is 0.330. The van der Waals surface area contributed by atoms with E-state index < -0.39 is 5.24 Å². The molecule has 0 unspecified atom stereocenters. The molecule has 1 aromatic carbocycles. The average Bonchev–Trinajstić information content (AvgIpc) is 2.07. The van der Waals surface area contributed by atoms with E-state index in [0.717, 1.165) is 5.56 Å². The molecule has 0 aliphatic carbocycles. The molecule has 0 heterocycles. The molecule has 0 aliphatic heterocycles. The van der Waals surface area contributed by atoms with Gasteiger partial charge in [-0.3, -0.25) is 4.79 Å². The van der Waals surface area contributed by atoms with Gasteiger partial charge in [0.05, 0.1) is 17.7 Å². The van der Waals surface area contributed by atoms with Crippen molar-refractivity contribution in [3.05, 3.63) is 28.3 Å². The van der Waals surface area contributed by atoms with Crippen LogP contribution in [0.15, 0.2) is 12.1 Å². The zero-order valence-electron chi connectivity index (χ0n) is 7.23. The fourth-order valence-electron chi connectivity index (χ4n) is 1.10. The Kier molecular flexibility index (Phi) is 3.17. The lowest BCUT2D eigenvalue weighted by molar-refractivity contribution is 0.107. The van der Waals surface area contributed by atoms with Crippen molar-refractivity contribution < 1.29 is 9.53 Å². The first kappa shape index (κ1) is 10.4. The predicted molar refractivity (Wildman–Crippen MR) is 52.9 cm³/mol. The number of hydrogen-bond donors (Lipinski definition) is 0. The van der Waals surface area contributed by atoms with Crippen molar-refractivity contribution in [2.45, 2.75) is 6.92 Å². The van der Waals surface area contributed by atoms with E-state index in [9.17, 15) is 4.79 Å². The summed E-state index contributed by atoms with van der Waals surface area (Å²) < 4.78 is 4.98. The van der Waals surface area contributed by atoms with Crippen LogP contribution in [-0.4, -0.2) is 12.4 Å². The summed E-state index contributed by atoms with van der Waals surface area (Å²) in [6.07, 6.45) is 0. The summed E-state index contributed by atoms with van der Waals surface area (Å²) in [6.45, 7) is 1.77. The van der Waals surface area contributed by atoms with Gasteiger partial charge in [-0.15, -0.1) is 0 Å².